The third-order valence-electron chi connectivity index (χ3n) is 4.39. The van der Waals surface area contributed by atoms with Gasteiger partial charge in [0, 0.05) is 18.8 Å². The van der Waals surface area contributed by atoms with Crippen molar-refractivity contribution in [3.63, 3.8) is 0 Å². The highest BCUT2D eigenvalue weighted by molar-refractivity contribution is 5.83. The Bertz CT molecular complexity index is 810. The number of carbonyl (C=O) groups excluding carboxylic acids is 1. The molecule has 1 aliphatic rings. The molecular formula is C20H20F3N3O. The first kappa shape index (κ1) is 18.9. The molecule has 0 aromatic heterocycles. The number of rotatable bonds is 5. The van der Waals surface area contributed by atoms with Gasteiger partial charge in [0.2, 0.25) is 5.91 Å². The first-order valence-electron chi connectivity index (χ1n) is 8.75. The monoisotopic (exact) mass is 375 g/mol. The van der Waals surface area contributed by atoms with Crippen molar-refractivity contribution in [2.45, 2.75) is 25.4 Å². The largest absolute Gasteiger partial charge is 0.416 e. The summed E-state index contributed by atoms with van der Waals surface area (Å²) in [5.74, 6) is -0.473. The number of benzene rings is 2. The molecule has 0 radical (unpaired) electrons. The highest BCUT2D eigenvalue weighted by Crippen LogP contribution is 2.29. The van der Waals surface area contributed by atoms with Gasteiger partial charge in [0.15, 0.2) is 0 Å². The van der Waals surface area contributed by atoms with Crippen molar-refractivity contribution in [2.75, 3.05) is 18.0 Å². The molecule has 27 heavy (non-hydrogen) atoms. The van der Waals surface area contributed by atoms with Crippen LogP contribution in [-0.2, 0) is 17.4 Å². The lowest BCUT2D eigenvalue weighted by Crippen LogP contribution is -2.20. The molecule has 2 aromatic carbocycles. The predicted octanol–water partition coefficient (Wildman–Crippen LogP) is 4.00. The highest BCUT2D eigenvalue weighted by atomic mass is 19.4. The second-order valence-corrected chi connectivity index (χ2v) is 6.45. The zero-order valence-electron chi connectivity index (χ0n) is 14.7. The van der Waals surface area contributed by atoms with Gasteiger partial charge in [-0.2, -0.15) is 18.3 Å². The summed E-state index contributed by atoms with van der Waals surface area (Å²) in [6, 6.07) is 12.6. The van der Waals surface area contributed by atoms with Gasteiger partial charge < -0.3 is 4.90 Å². The number of halogens is 3. The van der Waals surface area contributed by atoms with Crippen LogP contribution < -0.4 is 10.3 Å². The van der Waals surface area contributed by atoms with Crippen molar-refractivity contribution in [3.05, 3.63) is 65.2 Å². The number of hydrogen-bond acceptors (Lipinski definition) is 3. The third kappa shape index (κ3) is 5.32. The summed E-state index contributed by atoms with van der Waals surface area (Å²) < 4.78 is 38.1. The maximum absolute atomic E-state index is 12.7. The molecule has 0 aliphatic carbocycles. The number of hydrazone groups is 1. The fourth-order valence-electron chi connectivity index (χ4n) is 3.01. The number of hydrogen-bond donors (Lipinski definition) is 1. The Kier molecular flexibility index (Phi) is 5.78. The summed E-state index contributed by atoms with van der Waals surface area (Å²) in [5, 5.41) is 3.88. The van der Waals surface area contributed by atoms with E-state index in [2.05, 4.69) is 15.4 Å². The maximum Gasteiger partial charge on any atom is 0.416 e. The number of nitrogens with one attached hydrogen (secondary N) is 1. The lowest BCUT2D eigenvalue weighted by atomic mass is 10.1. The van der Waals surface area contributed by atoms with Crippen LogP contribution in [-0.4, -0.2) is 25.2 Å². The minimum Gasteiger partial charge on any atom is -0.372 e. The Morgan fingerprint density at radius 1 is 1.11 bits per heavy atom. The van der Waals surface area contributed by atoms with Crippen molar-refractivity contribution in [3.8, 4) is 0 Å². The topological polar surface area (TPSA) is 44.7 Å². The van der Waals surface area contributed by atoms with E-state index in [-0.39, 0.29) is 12.0 Å². The van der Waals surface area contributed by atoms with Gasteiger partial charge in [-0.15, -0.1) is 0 Å². The standard InChI is InChI=1S/C20H20F3N3O/c21-20(22,23)17-5-3-4-16(12-17)13-19(27)25-24-14-15-6-8-18(9-7-15)26-10-1-2-11-26/h3-9,12,14H,1-2,10-11,13H2,(H,25,27). The lowest BCUT2D eigenvalue weighted by molar-refractivity contribution is -0.137. The van der Waals surface area contributed by atoms with Crippen LogP contribution in [0.4, 0.5) is 18.9 Å². The van der Waals surface area contributed by atoms with Crippen LogP contribution in [0.25, 0.3) is 0 Å². The van der Waals surface area contributed by atoms with Crippen LogP contribution in [0, 0.1) is 0 Å². The van der Waals surface area contributed by atoms with Crippen LogP contribution in [0.2, 0.25) is 0 Å². The molecule has 1 amide bonds. The van der Waals surface area contributed by atoms with Crippen LogP contribution in [0.1, 0.15) is 29.5 Å². The second kappa shape index (κ2) is 8.24. The van der Waals surface area contributed by atoms with Gasteiger partial charge in [-0.3, -0.25) is 4.79 Å². The van der Waals surface area contributed by atoms with Crippen molar-refractivity contribution < 1.29 is 18.0 Å². The smallest absolute Gasteiger partial charge is 0.372 e. The molecule has 1 N–H and O–H groups in total. The fourth-order valence-corrected chi connectivity index (χ4v) is 3.01. The summed E-state index contributed by atoms with van der Waals surface area (Å²) in [5.41, 5.74) is 3.86. The Hall–Kier alpha value is -2.83. The molecule has 4 nitrogen and oxygen atoms in total. The average Bonchev–Trinajstić information content (AvgIpc) is 3.16. The van der Waals surface area contributed by atoms with Gasteiger partial charge in [-0.25, -0.2) is 5.43 Å². The highest BCUT2D eigenvalue weighted by Gasteiger charge is 2.30. The Balaban J connectivity index is 1.53. The third-order valence-corrected chi connectivity index (χ3v) is 4.39. The number of carbonyl (C=O) groups is 1. The molecule has 0 spiro atoms. The summed E-state index contributed by atoms with van der Waals surface area (Å²) in [4.78, 5) is 14.2. The molecule has 1 aliphatic heterocycles. The molecule has 1 saturated heterocycles. The maximum atomic E-state index is 12.7. The minimum absolute atomic E-state index is 0.171. The summed E-state index contributed by atoms with van der Waals surface area (Å²) in [6.45, 7) is 2.14. The Morgan fingerprint density at radius 2 is 1.81 bits per heavy atom. The molecule has 1 fully saturated rings. The number of nitrogens with zero attached hydrogens (tertiary/aromatic N) is 2. The van der Waals surface area contributed by atoms with E-state index in [1.165, 1.54) is 36.9 Å². The Morgan fingerprint density at radius 3 is 2.48 bits per heavy atom. The first-order valence-corrected chi connectivity index (χ1v) is 8.75. The average molecular weight is 375 g/mol. The summed E-state index contributed by atoms with van der Waals surface area (Å²) in [6.07, 6.45) is -0.666. The van der Waals surface area contributed by atoms with Gasteiger partial charge >= 0.3 is 6.18 Å². The lowest BCUT2D eigenvalue weighted by Gasteiger charge is -2.17. The molecular weight excluding hydrogens is 355 g/mol. The van der Waals surface area contributed by atoms with Gasteiger partial charge in [0.05, 0.1) is 18.2 Å². The molecule has 0 saturated carbocycles. The van der Waals surface area contributed by atoms with E-state index in [9.17, 15) is 18.0 Å². The fraction of sp³-hybridized carbons (Fsp3) is 0.300. The molecule has 7 heteroatoms. The summed E-state index contributed by atoms with van der Waals surface area (Å²) in [7, 11) is 0. The molecule has 3 rings (SSSR count). The van der Waals surface area contributed by atoms with E-state index in [4.69, 9.17) is 0 Å². The van der Waals surface area contributed by atoms with E-state index >= 15 is 0 Å². The molecule has 142 valence electrons. The second-order valence-electron chi connectivity index (χ2n) is 6.45. The SMILES string of the molecule is O=C(Cc1cccc(C(F)(F)F)c1)NN=Cc1ccc(N2CCCC2)cc1. The molecule has 1 heterocycles. The molecule has 0 atom stereocenters. The Labute approximate surface area is 155 Å². The van der Waals surface area contributed by atoms with Crippen LogP contribution in [0.3, 0.4) is 0 Å². The molecule has 0 bridgehead atoms. The van der Waals surface area contributed by atoms with E-state index < -0.39 is 17.6 Å². The van der Waals surface area contributed by atoms with Crippen LogP contribution in [0.15, 0.2) is 53.6 Å². The van der Waals surface area contributed by atoms with Crippen molar-refractivity contribution in [2.24, 2.45) is 5.10 Å². The van der Waals surface area contributed by atoms with Crippen LogP contribution >= 0.6 is 0 Å². The zero-order valence-corrected chi connectivity index (χ0v) is 14.7. The van der Waals surface area contributed by atoms with Crippen LogP contribution in [0.5, 0.6) is 0 Å². The zero-order chi connectivity index (χ0) is 19.3. The normalized spacial score (nSPS) is 14.7. The van der Waals surface area contributed by atoms with Crippen molar-refractivity contribution in [1.29, 1.82) is 0 Å². The van der Waals surface area contributed by atoms with E-state index in [0.717, 1.165) is 30.8 Å². The van der Waals surface area contributed by atoms with Crippen molar-refractivity contribution in [1.82, 2.24) is 5.43 Å². The molecule has 2 aromatic rings. The van der Waals surface area contributed by atoms with E-state index in [1.807, 2.05) is 24.3 Å². The van der Waals surface area contributed by atoms with Gasteiger partial charge in [0.25, 0.3) is 0 Å². The number of anilines is 1. The summed E-state index contributed by atoms with van der Waals surface area (Å²) >= 11 is 0. The minimum atomic E-state index is -4.42. The number of alkyl halides is 3. The first-order chi connectivity index (χ1) is 12.9. The van der Waals surface area contributed by atoms with E-state index in [1.54, 1.807) is 0 Å². The quantitative estimate of drug-likeness (QED) is 0.634. The number of amides is 1. The van der Waals surface area contributed by atoms with E-state index in [0.29, 0.717) is 0 Å². The molecule has 0 unspecified atom stereocenters. The van der Waals surface area contributed by atoms with Gasteiger partial charge in [0.1, 0.15) is 0 Å². The van der Waals surface area contributed by atoms with Crippen molar-refractivity contribution >= 4 is 17.8 Å². The predicted molar refractivity (Wildman–Crippen MR) is 98.8 cm³/mol. The van der Waals surface area contributed by atoms with Gasteiger partial charge in [-0.05, 0) is 42.2 Å². The van der Waals surface area contributed by atoms with Gasteiger partial charge in [-0.1, -0.05) is 30.3 Å².